The average Bonchev–Trinajstić information content (AvgIpc) is 2.74. The Hall–Kier alpha value is -1.35. The SMILES string of the molecule is CC(C(=O)NCc1ccccc1)N1CCCCCC1. The molecule has 1 unspecified atom stereocenters. The smallest absolute Gasteiger partial charge is 0.237 e. The Morgan fingerprint density at radius 2 is 1.79 bits per heavy atom. The van der Waals surface area contributed by atoms with Gasteiger partial charge in [0.1, 0.15) is 0 Å². The summed E-state index contributed by atoms with van der Waals surface area (Å²) in [5.74, 6) is 0.144. The van der Waals surface area contributed by atoms with Crippen molar-refractivity contribution in [1.82, 2.24) is 10.2 Å². The minimum Gasteiger partial charge on any atom is -0.351 e. The summed E-state index contributed by atoms with van der Waals surface area (Å²) < 4.78 is 0. The van der Waals surface area contributed by atoms with Gasteiger partial charge in [-0.3, -0.25) is 9.69 Å². The molecule has 1 fully saturated rings. The van der Waals surface area contributed by atoms with Crippen LogP contribution in [0, 0.1) is 0 Å². The van der Waals surface area contributed by atoms with Crippen molar-refractivity contribution < 1.29 is 4.79 Å². The number of nitrogens with one attached hydrogen (secondary N) is 1. The molecule has 3 heteroatoms. The lowest BCUT2D eigenvalue weighted by atomic mass is 10.2. The van der Waals surface area contributed by atoms with Gasteiger partial charge in [0.2, 0.25) is 5.91 Å². The van der Waals surface area contributed by atoms with Gasteiger partial charge in [0.15, 0.2) is 0 Å². The Morgan fingerprint density at radius 3 is 2.42 bits per heavy atom. The van der Waals surface area contributed by atoms with E-state index in [1.807, 2.05) is 37.3 Å². The van der Waals surface area contributed by atoms with E-state index in [0.29, 0.717) is 6.54 Å². The van der Waals surface area contributed by atoms with E-state index in [4.69, 9.17) is 0 Å². The van der Waals surface area contributed by atoms with Gasteiger partial charge in [-0.15, -0.1) is 0 Å². The molecule has 1 aromatic carbocycles. The van der Waals surface area contributed by atoms with Crippen LogP contribution in [0.3, 0.4) is 0 Å². The molecule has 0 bridgehead atoms. The van der Waals surface area contributed by atoms with Crippen LogP contribution < -0.4 is 5.32 Å². The predicted octanol–water partition coefficient (Wildman–Crippen LogP) is 2.57. The summed E-state index contributed by atoms with van der Waals surface area (Å²) in [7, 11) is 0. The highest BCUT2D eigenvalue weighted by molar-refractivity contribution is 5.81. The molecule has 0 radical (unpaired) electrons. The van der Waals surface area contributed by atoms with Gasteiger partial charge in [0.25, 0.3) is 0 Å². The van der Waals surface area contributed by atoms with Gasteiger partial charge in [-0.1, -0.05) is 43.2 Å². The zero-order valence-corrected chi connectivity index (χ0v) is 11.8. The lowest BCUT2D eigenvalue weighted by Crippen LogP contribution is -2.45. The normalized spacial score (nSPS) is 18.6. The Bertz CT molecular complexity index is 383. The number of amides is 1. The van der Waals surface area contributed by atoms with Crippen LogP contribution in [0.25, 0.3) is 0 Å². The fourth-order valence-corrected chi connectivity index (χ4v) is 2.58. The first-order valence-corrected chi connectivity index (χ1v) is 7.33. The molecule has 0 aromatic heterocycles. The maximum atomic E-state index is 12.2. The van der Waals surface area contributed by atoms with Crippen LogP contribution >= 0.6 is 0 Å². The molecule has 1 aliphatic rings. The molecule has 1 saturated heterocycles. The van der Waals surface area contributed by atoms with E-state index < -0.39 is 0 Å². The molecule has 0 aliphatic carbocycles. The second-order valence-electron chi connectivity index (χ2n) is 5.33. The van der Waals surface area contributed by atoms with E-state index in [1.165, 1.54) is 25.7 Å². The zero-order chi connectivity index (χ0) is 13.5. The third kappa shape index (κ3) is 4.35. The summed E-state index contributed by atoms with van der Waals surface area (Å²) in [5, 5.41) is 3.04. The van der Waals surface area contributed by atoms with E-state index in [9.17, 15) is 4.79 Å². The van der Waals surface area contributed by atoms with E-state index in [0.717, 1.165) is 18.7 Å². The largest absolute Gasteiger partial charge is 0.351 e. The molecule has 1 aromatic rings. The monoisotopic (exact) mass is 260 g/mol. The standard InChI is InChI=1S/C16H24N2O/c1-14(18-11-7-2-3-8-12-18)16(19)17-13-15-9-5-4-6-10-15/h4-6,9-10,14H,2-3,7-8,11-13H2,1H3,(H,17,19). The predicted molar refractivity (Wildman–Crippen MR) is 77.8 cm³/mol. The van der Waals surface area contributed by atoms with Crippen molar-refractivity contribution >= 4 is 5.91 Å². The van der Waals surface area contributed by atoms with Crippen molar-refractivity contribution in [3.05, 3.63) is 35.9 Å². The van der Waals surface area contributed by atoms with E-state index in [1.54, 1.807) is 0 Å². The first-order valence-electron chi connectivity index (χ1n) is 7.33. The number of nitrogens with zero attached hydrogens (tertiary/aromatic N) is 1. The number of carbonyl (C=O) groups is 1. The molecule has 1 N–H and O–H groups in total. The minimum atomic E-state index is -0.0122. The zero-order valence-electron chi connectivity index (χ0n) is 11.8. The van der Waals surface area contributed by atoms with Crippen LogP contribution in [0.2, 0.25) is 0 Å². The van der Waals surface area contributed by atoms with Crippen LogP contribution in [0.4, 0.5) is 0 Å². The molecule has 3 nitrogen and oxygen atoms in total. The Balaban J connectivity index is 1.81. The molecular weight excluding hydrogens is 236 g/mol. The lowest BCUT2D eigenvalue weighted by Gasteiger charge is -2.26. The maximum Gasteiger partial charge on any atom is 0.237 e. The number of hydrogen-bond donors (Lipinski definition) is 1. The van der Waals surface area contributed by atoms with Crippen molar-refractivity contribution in [2.75, 3.05) is 13.1 Å². The number of hydrogen-bond acceptors (Lipinski definition) is 2. The number of rotatable bonds is 4. The van der Waals surface area contributed by atoms with Crippen LogP contribution in [0.5, 0.6) is 0 Å². The molecular formula is C16H24N2O. The Morgan fingerprint density at radius 1 is 1.16 bits per heavy atom. The minimum absolute atomic E-state index is 0.0122. The summed E-state index contributed by atoms with van der Waals surface area (Å²) in [6.45, 7) is 4.75. The van der Waals surface area contributed by atoms with Gasteiger partial charge >= 0.3 is 0 Å². The van der Waals surface area contributed by atoms with Gasteiger partial charge in [0, 0.05) is 6.54 Å². The maximum absolute atomic E-state index is 12.2. The summed E-state index contributed by atoms with van der Waals surface area (Å²) in [6, 6.07) is 10.1. The highest BCUT2D eigenvalue weighted by atomic mass is 16.2. The number of likely N-dealkylation sites (tertiary alicyclic amines) is 1. The molecule has 1 aliphatic heterocycles. The van der Waals surface area contributed by atoms with Crippen molar-refractivity contribution in [1.29, 1.82) is 0 Å². The van der Waals surface area contributed by atoms with E-state index in [-0.39, 0.29) is 11.9 Å². The molecule has 104 valence electrons. The van der Waals surface area contributed by atoms with Gasteiger partial charge in [-0.2, -0.15) is 0 Å². The van der Waals surface area contributed by atoms with Crippen LogP contribution in [-0.4, -0.2) is 29.9 Å². The second kappa shape index (κ2) is 7.29. The highest BCUT2D eigenvalue weighted by Gasteiger charge is 2.21. The van der Waals surface area contributed by atoms with Crippen molar-refractivity contribution in [3.8, 4) is 0 Å². The van der Waals surface area contributed by atoms with Crippen molar-refractivity contribution in [3.63, 3.8) is 0 Å². The van der Waals surface area contributed by atoms with Crippen LogP contribution in [-0.2, 0) is 11.3 Å². The third-order valence-corrected chi connectivity index (χ3v) is 3.88. The Kier molecular flexibility index (Phi) is 5.40. The van der Waals surface area contributed by atoms with Crippen LogP contribution in [0.1, 0.15) is 38.2 Å². The fraction of sp³-hybridized carbons (Fsp3) is 0.562. The molecule has 0 spiro atoms. The quantitative estimate of drug-likeness (QED) is 0.902. The summed E-state index contributed by atoms with van der Waals surface area (Å²) >= 11 is 0. The van der Waals surface area contributed by atoms with Gasteiger partial charge < -0.3 is 5.32 Å². The van der Waals surface area contributed by atoms with Crippen LogP contribution in [0.15, 0.2) is 30.3 Å². The average molecular weight is 260 g/mol. The van der Waals surface area contributed by atoms with Crippen molar-refractivity contribution in [2.24, 2.45) is 0 Å². The summed E-state index contributed by atoms with van der Waals surface area (Å²) in [5.41, 5.74) is 1.15. The molecule has 0 saturated carbocycles. The van der Waals surface area contributed by atoms with Gasteiger partial charge in [0.05, 0.1) is 6.04 Å². The first kappa shape index (κ1) is 14.1. The Labute approximate surface area is 116 Å². The number of benzene rings is 1. The molecule has 1 atom stereocenters. The molecule has 2 rings (SSSR count). The third-order valence-electron chi connectivity index (χ3n) is 3.88. The molecule has 1 heterocycles. The summed E-state index contributed by atoms with van der Waals surface area (Å²) in [4.78, 5) is 14.5. The fourth-order valence-electron chi connectivity index (χ4n) is 2.58. The molecule has 1 amide bonds. The van der Waals surface area contributed by atoms with Gasteiger partial charge in [-0.25, -0.2) is 0 Å². The first-order chi connectivity index (χ1) is 9.27. The highest BCUT2D eigenvalue weighted by Crippen LogP contribution is 2.12. The van der Waals surface area contributed by atoms with Gasteiger partial charge in [-0.05, 0) is 38.4 Å². The number of carbonyl (C=O) groups excluding carboxylic acids is 1. The van der Waals surface area contributed by atoms with Crippen molar-refractivity contribution in [2.45, 2.75) is 45.2 Å². The topological polar surface area (TPSA) is 32.3 Å². The summed E-state index contributed by atoms with van der Waals surface area (Å²) in [6.07, 6.45) is 5.04. The lowest BCUT2D eigenvalue weighted by molar-refractivity contribution is -0.126. The van der Waals surface area contributed by atoms with E-state index >= 15 is 0 Å². The molecule has 19 heavy (non-hydrogen) atoms. The van der Waals surface area contributed by atoms with E-state index in [2.05, 4.69) is 10.2 Å². The second-order valence-corrected chi connectivity index (χ2v) is 5.33.